The second-order valence-corrected chi connectivity index (χ2v) is 4.30. The van der Waals surface area contributed by atoms with Crippen molar-refractivity contribution in [3.63, 3.8) is 0 Å². The van der Waals surface area contributed by atoms with E-state index in [2.05, 4.69) is 24.0 Å². The van der Waals surface area contributed by atoms with Crippen molar-refractivity contribution >= 4 is 6.21 Å². The molecule has 2 rings (SSSR count). The van der Waals surface area contributed by atoms with Crippen molar-refractivity contribution in [2.45, 2.75) is 6.42 Å². The summed E-state index contributed by atoms with van der Waals surface area (Å²) in [7, 11) is 4.14. The number of ether oxygens (including phenoxy) is 2. The van der Waals surface area contributed by atoms with Gasteiger partial charge in [0.05, 0.1) is 0 Å². The number of hydrogen-bond acceptors (Lipinski definition) is 4. The maximum absolute atomic E-state index is 5.31. The fourth-order valence-corrected chi connectivity index (χ4v) is 1.64. The summed E-state index contributed by atoms with van der Waals surface area (Å²) >= 11 is 0. The maximum Gasteiger partial charge on any atom is 0.231 e. The van der Waals surface area contributed by atoms with Gasteiger partial charge in [0.1, 0.15) is 0 Å². The van der Waals surface area contributed by atoms with Gasteiger partial charge in [0, 0.05) is 12.8 Å². The van der Waals surface area contributed by atoms with Gasteiger partial charge in [-0.05, 0) is 50.8 Å². The third-order valence-electron chi connectivity index (χ3n) is 2.53. The molecule has 92 valence electrons. The standard InChI is InChI=1S/C13H18N2O2/c1-15(2)7-3-6-14-9-11-4-5-12-13(8-11)17-10-16-12/h4-5,8-9H,3,6-7,10H2,1-2H3/b14-9-. The lowest BCUT2D eigenvalue weighted by Crippen LogP contribution is -2.13. The lowest BCUT2D eigenvalue weighted by atomic mass is 10.2. The van der Waals surface area contributed by atoms with Crippen molar-refractivity contribution in [3.8, 4) is 11.5 Å². The summed E-state index contributed by atoms with van der Waals surface area (Å²) < 4.78 is 10.6. The largest absolute Gasteiger partial charge is 0.454 e. The number of fused-ring (bicyclic) bond motifs is 1. The van der Waals surface area contributed by atoms with Gasteiger partial charge in [-0.2, -0.15) is 0 Å². The second kappa shape index (κ2) is 5.68. The average molecular weight is 234 g/mol. The van der Waals surface area contributed by atoms with Crippen LogP contribution in [0.3, 0.4) is 0 Å². The quantitative estimate of drug-likeness (QED) is 0.575. The summed E-state index contributed by atoms with van der Waals surface area (Å²) in [4.78, 5) is 6.55. The Morgan fingerprint density at radius 3 is 2.94 bits per heavy atom. The SMILES string of the molecule is CN(C)CCC/N=C\c1ccc2c(c1)OCO2. The van der Waals surface area contributed by atoms with Crippen LogP contribution in [0.5, 0.6) is 11.5 Å². The molecule has 0 spiro atoms. The van der Waals surface area contributed by atoms with Crippen LogP contribution in [-0.4, -0.2) is 45.1 Å². The highest BCUT2D eigenvalue weighted by atomic mass is 16.7. The van der Waals surface area contributed by atoms with Gasteiger partial charge in [-0.3, -0.25) is 4.99 Å². The number of aliphatic imine (C=N–C) groups is 1. The molecule has 4 nitrogen and oxygen atoms in total. The smallest absolute Gasteiger partial charge is 0.231 e. The minimum Gasteiger partial charge on any atom is -0.454 e. The Kier molecular flexibility index (Phi) is 3.98. The molecule has 1 heterocycles. The van der Waals surface area contributed by atoms with Gasteiger partial charge < -0.3 is 14.4 Å². The van der Waals surface area contributed by atoms with Gasteiger partial charge in [-0.15, -0.1) is 0 Å². The van der Waals surface area contributed by atoms with E-state index < -0.39 is 0 Å². The van der Waals surface area contributed by atoms with E-state index in [1.165, 1.54) is 0 Å². The first kappa shape index (κ1) is 11.9. The summed E-state index contributed by atoms with van der Waals surface area (Å²) in [6, 6.07) is 5.87. The number of rotatable bonds is 5. The zero-order valence-corrected chi connectivity index (χ0v) is 10.3. The van der Waals surface area contributed by atoms with Crippen LogP contribution in [0.25, 0.3) is 0 Å². The summed E-state index contributed by atoms with van der Waals surface area (Å²) in [5.41, 5.74) is 1.05. The van der Waals surface area contributed by atoms with Crippen LogP contribution in [0.1, 0.15) is 12.0 Å². The first-order chi connectivity index (χ1) is 8.25. The number of nitrogens with zero attached hydrogens (tertiary/aromatic N) is 2. The number of benzene rings is 1. The van der Waals surface area contributed by atoms with Crippen LogP contribution in [0, 0.1) is 0 Å². The van der Waals surface area contributed by atoms with E-state index in [4.69, 9.17) is 9.47 Å². The van der Waals surface area contributed by atoms with Crippen molar-refractivity contribution in [2.24, 2.45) is 4.99 Å². The average Bonchev–Trinajstić information content (AvgIpc) is 2.75. The molecule has 0 fully saturated rings. The van der Waals surface area contributed by atoms with Gasteiger partial charge in [0.15, 0.2) is 11.5 Å². The summed E-state index contributed by atoms with van der Waals surface area (Å²) in [5.74, 6) is 1.62. The topological polar surface area (TPSA) is 34.1 Å². The normalized spacial score (nSPS) is 13.8. The Morgan fingerprint density at radius 1 is 1.29 bits per heavy atom. The minimum absolute atomic E-state index is 0.318. The molecule has 0 aromatic heterocycles. The molecule has 0 amide bonds. The van der Waals surface area contributed by atoms with Crippen LogP contribution in [0.15, 0.2) is 23.2 Å². The minimum atomic E-state index is 0.318. The highest BCUT2D eigenvalue weighted by molar-refractivity contribution is 5.81. The van der Waals surface area contributed by atoms with Crippen molar-refractivity contribution in [2.75, 3.05) is 34.0 Å². The van der Waals surface area contributed by atoms with E-state index in [-0.39, 0.29) is 0 Å². The molecular weight excluding hydrogens is 216 g/mol. The Hall–Kier alpha value is -1.55. The molecule has 0 N–H and O–H groups in total. The second-order valence-electron chi connectivity index (χ2n) is 4.30. The zero-order chi connectivity index (χ0) is 12.1. The lowest BCUT2D eigenvalue weighted by Gasteiger charge is -2.06. The van der Waals surface area contributed by atoms with E-state index in [0.717, 1.165) is 36.6 Å². The van der Waals surface area contributed by atoms with E-state index in [0.29, 0.717) is 6.79 Å². The molecule has 0 bridgehead atoms. The maximum atomic E-state index is 5.31. The molecule has 0 atom stereocenters. The summed E-state index contributed by atoms with van der Waals surface area (Å²) in [5, 5.41) is 0. The highest BCUT2D eigenvalue weighted by Crippen LogP contribution is 2.31. The third kappa shape index (κ3) is 3.46. The van der Waals surface area contributed by atoms with Crippen LogP contribution in [-0.2, 0) is 0 Å². The Labute approximate surface area is 102 Å². The monoisotopic (exact) mass is 234 g/mol. The molecule has 1 aromatic rings. The van der Waals surface area contributed by atoms with E-state index in [1.54, 1.807) is 0 Å². The molecule has 0 saturated heterocycles. The van der Waals surface area contributed by atoms with Gasteiger partial charge in [0.2, 0.25) is 6.79 Å². The fraction of sp³-hybridized carbons (Fsp3) is 0.462. The Morgan fingerprint density at radius 2 is 2.12 bits per heavy atom. The number of hydrogen-bond donors (Lipinski definition) is 0. The Balaban J connectivity index is 1.84. The van der Waals surface area contributed by atoms with Crippen molar-refractivity contribution in [3.05, 3.63) is 23.8 Å². The summed E-state index contributed by atoms with van der Waals surface area (Å²) in [6.07, 6.45) is 2.96. The van der Waals surface area contributed by atoms with Crippen molar-refractivity contribution < 1.29 is 9.47 Å². The van der Waals surface area contributed by atoms with E-state index >= 15 is 0 Å². The summed E-state index contributed by atoms with van der Waals surface area (Å²) in [6.45, 7) is 2.24. The molecule has 17 heavy (non-hydrogen) atoms. The predicted molar refractivity (Wildman–Crippen MR) is 68.2 cm³/mol. The van der Waals surface area contributed by atoms with Crippen LogP contribution in [0.4, 0.5) is 0 Å². The van der Waals surface area contributed by atoms with Crippen molar-refractivity contribution in [1.82, 2.24) is 4.90 Å². The fourth-order valence-electron chi connectivity index (χ4n) is 1.64. The van der Waals surface area contributed by atoms with Crippen LogP contribution >= 0.6 is 0 Å². The third-order valence-corrected chi connectivity index (χ3v) is 2.53. The Bertz CT molecular complexity index is 402. The van der Waals surface area contributed by atoms with E-state index in [9.17, 15) is 0 Å². The van der Waals surface area contributed by atoms with Gasteiger partial charge >= 0.3 is 0 Å². The molecule has 0 saturated carbocycles. The molecular formula is C13H18N2O2. The van der Waals surface area contributed by atoms with Crippen LogP contribution in [0.2, 0.25) is 0 Å². The van der Waals surface area contributed by atoms with Gasteiger partial charge in [-0.25, -0.2) is 0 Å². The molecule has 0 unspecified atom stereocenters. The molecule has 0 radical (unpaired) electrons. The molecule has 1 aromatic carbocycles. The first-order valence-electron chi connectivity index (χ1n) is 5.80. The first-order valence-corrected chi connectivity index (χ1v) is 5.80. The molecule has 0 aliphatic carbocycles. The zero-order valence-electron chi connectivity index (χ0n) is 10.3. The molecule has 4 heteroatoms. The predicted octanol–water partition coefficient (Wildman–Crippen LogP) is 1.79. The van der Waals surface area contributed by atoms with Gasteiger partial charge in [-0.1, -0.05) is 0 Å². The van der Waals surface area contributed by atoms with E-state index in [1.807, 2.05) is 24.4 Å². The van der Waals surface area contributed by atoms with Crippen molar-refractivity contribution in [1.29, 1.82) is 0 Å². The molecule has 1 aliphatic rings. The molecule has 1 aliphatic heterocycles. The van der Waals surface area contributed by atoms with Gasteiger partial charge in [0.25, 0.3) is 0 Å². The lowest BCUT2D eigenvalue weighted by molar-refractivity contribution is 0.174. The highest BCUT2D eigenvalue weighted by Gasteiger charge is 2.12. The van der Waals surface area contributed by atoms with Crippen LogP contribution < -0.4 is 9.47 Å².